The van der Waals surface area contributed by atoms with E-state index < -0.39 is 27.6 Å². The molecule has 33 heavy (non-hydrogen) atoms. The molecule has 0 unspecified atom stereocenters. The largest absolute Gasteiger partial charge is 0.490 e. The number of aryl methyl sites for hydroxylation is 1. The number of carbonyl (C=O) groups excluding carboxylic acids is 1. The monoisotopic (exact) mass is 484 g/mol. The van der Waals surface area contributed by atoms with E-state index in [-0.39, 0.29) is 10.8 Å². The van der Waals surface area contributed by atoms with Crippen molar-refractivity contribution in [1.29, 1.82) is 0 Å². The van der Waals surface area contributed by atoms with Crippen molar-refractivity contribution in [2.24, 2.45) is 0 Å². The molecule has 11 heteroatoms. The molecular formula is C22H23F3N2O5S. The number of amides is 1. The van der Waals surface area contributed by atoms with Crippen LogP contribution in [0.2, 0.25) is 0 Å². The van der Waals surface area contributed by atoms with Gasteiger partial charge in [0.25, 0.3) is 10.0 Å². The second-order valence-electron chi connectivity index (χ2n) is 7.38. The van der Waals surface area contributed by atoms with E-state index in [1.165, 1.54) is 0 Å². The second kappa shape index (κ2) is 10.1. The zero-order chi connectivity index (χ0) is 24.9. The van der Waals surface area contributed by atoms with Crippen LogP contribution in [-0.2, 0) is 25.0 Å². The average molecular weight is 484 g/mol. The van der Waals surface area contributed by atoms with Crippen LogP contribution in [0.5, 0.6) is 0 Å². The smallest absolute Gasteiger partial charge is 0.475 e. The number of benzene rings is 2. The van der Waals surface area contributed by atoms with Gasteiger partial charge >= 0.3 is 12.1 Å². The molecule has 1 aliphatic carbocycles. The fourth-order valence-electron chi connectivity index (χ4n) is 2.89. The molecule has 7 nitrogen and oxygen atoms in total. The van der Waals surface area contributed by atoms with E-state index in [1.807, 2.05) is 19.1 Å². The fraction of sp³-hybridized carbons (Fsp3) is 0.273. The molecule has 0 radical (unpaired) electrons. The maximum atomic E-state index is 12.4. The van der Waals surface area contributed by atoms with Gasteiger partial charge in [-0.15, -0.1) is 6.58 Å². The lowest BCUT2D eigenvalue weighted by Crippen LogP contribution is -2.34. The maximum absolute atomic E-state index is 12.4. The van der Waals surface area contributed by atoms with Gasteiger partial charge in [-0.2, -0.15) is 13.2 Å². The molecule has 1 amide bonds. The number of carboxylic acids is 1. The van der Waals surface area contributed by atoms with Gasteiger partial charge in [0.2, 0.25) is 5.91 Å². The van der Waals surface area contributed by atoms with Crippen LogP contribution in [0, 0.1) is 6.92 Å². The van der Waals surface area contributed by atoms with Crippen molar-refractivity contribution >= 4 is 27.6 Å². The molecule has 0 aliphatic heterocycles. The van der Waals surface area contributed by atoms with Crippen LogP contribution in [-0.4, -0.2) is 38.1 Å². The van der Waals surface area contributed by atoms with Crippen molar-refractivity contribution < 1.29 is 36.3 Å². The molecule has 0 spiro atoms. The highest BCUT2D eigenvalue weighted by molar-refractivity contribution is 7.92. The Labute approximate surface area is 189 Å². The third kappa shape index (κ3) is 6.82. The molecule has 2 aromatic carbocycles. The molecule has 1 aliphatic rings. The molecule has 0 atom stereocenters. The minimum atomic E-state index is -5.08. The first-order valence-electron chi connectivity index (χ1n) is 9.71. The molecule has 0 heterocycles. The van der Waals surface area contributed by atoms with Gasteiger partial charge in [-0.1, -0.05) is 35.9 Å². The number of carbonyl (C=O) groups is 2. The number of hydrogen-bond acceptors (Lipinski definition) is 4. The number of anilines is 1. The van der Waals surface area contributed by atoms with E-state index in [9.17, 15) is 26.4 Å². The summed E-state index contributed by atoms with van der Waals surface area (Å²) < 4.78 is 59.2. The van der Waals surface area contributed by atoms with E-state index in [0.29, 0.717) is 12.2 Å². The molecule has 0 saturated heterocycles. The Balaban J connectivity index is 0.000000479. The van der Waals surface area contributed by atoms with E-state index in [0.717, 1.165) is 24.0 Å². The number of sulfonamides is 1. The van der Waals surface area contributed by atoms with Crippen molar-refractivity contribution in [2.75, 3.05) is 11.3 Å². The van der Waals surface area contributed by atoms with Gasteiger partial charge in [-0.05, 0) is 49.6 Å². The lowest BCUT2D eigenvalue weighted by Gasteiger charge is -2.16. The van der Waals surface area contributed by atoms with Crippen molar-refractivity contribution in [3.8, 4) is 0 Å². The normalized spacial score (nSPS) is 14.3. The Morgan fingerprint density at radius 1 is 1.09 bits per heavy atom. The van der Waals surface area contributed by atoms with Crippen LogP contribution in [0.15, 0.2) is 66.1 Å². The van der Waals surface area contributed by atoms with Crippen molar-refractivity contribution in [3.63, 3.8) is 0 Å². The number of carboxylic acid groups (broad SMARTS) is 1. The van der Waals surface area contributed by atoms with Gasteiger partial charge in [0.05, 0.1) is 10.3 Å². The predicted octanol–water partition coefficient (Wildman–Crippen LogP) is 3.76. The van der Waals surface area contributed by atoms with Gasteiger partial charge in [0.1, 0.15) is 0 Å². The molecule has 178 valence electrons. The summed E-state index contributed by atoms with van der Waals surface area (Å²) in [5, 5.41) is 9.97. The predicted molar refractivity (Wildman–Crippen MR) is 116 cm³/mol. The summed E-state index contributed by atoms with van der Waals surface area (Å²) in [7, 11) is -3.63. The molecule has 1 saturated carbocycles. The fourth-order valence-corrected chi connectivity index (χ4v) is 3.95. The van der Waals surface area contributed by atoms with Crippen LogP contribution in [0.4, 0.5) is 18.9 Å². The van der Waals surface area contributed by atoms with Gasteiger partial charge in [-0.25, -0.2) is 13.2 Å². The lowest BCUT2D eigenvalue weighted by atomic mass is 9.95. The van der Waals surface area contributed by atoms with Crippen LogP contribution in [0.1, 0.15) is 24.0 Å². The number of nitrogens with one attached hydrogen (secondary N) is 2. The Bertz CT molecular complexity index is 1110. The molecule has 3 N–H and O–H groups in total. The molecule has 2 aromatic rings. The Hall–Kier alpha value is -3.34. The summed E-state index contributed by atoms with van der Waals surface area (Å²) in [6.45, 7) is 5.95. The Morgan fingerprint density at radius 2 is 1.61 bits per heavy atom. The summed E-state index contributed by atoms with van der Waals surface area (Å²) in [4.78, 5) is 21.5. The van der Waals surface area contributed by atoms with Gasteiger partial charge in [-0.3, -0.25) is 9.52 Å². The van der Waals surface area contributed by atoms with E-state index in [4.69, 9.17) is 9.90 Å². The highest BCUT2D eigenvalue weighted by Gasteiger charge is 2.50. The third-order valence-electron chi connectivity index (χ3n) is 4.86. The SMILES string of the molecule is C=CCNC(=O)C1(c2ccc(NS(=O)(=O)c3ccc(C)cc3)cc2)CC1.O=C(O)C(F)(F)F. The average Bonchev–Trinajstić information content (AvgIpc) is 3.54. The zero-order valence-corrected chi connectivity index (χ0v) is 18.5. The quantitative estimate of drug-likeness (QED) is 0.518. The van der Waals surface area contributed by atoms with Gasteiger partial charge < -0.3 is 10.4 Å². The minimum absolute atomic E-state index is 0.00890. The van der Waals surface area contributed by atoms with Crippen molar-refractivity contribution in [3.05, 3.63) is 72.3 Å². The number of aliphatic carboxylic acids is 1. The standard InChI is InChI=1S/C20H22N2O3S.C2HF3O2/c1-3-14-21-19(23)20(12-13-20)16-6-8-17(9-7-16)22-26(24,25)18-10-4-15(2)5-11-18;3-2(4,5)1(6)7/h3-11,22H,1,12-14H2,2H3,(H,21,23);(H,6,7). The number of hydrogen-bond donors (Lipinski definition) is 3. The summed E-state index contributed by atoms with van der Waals surface area (Å²) in [5.74, 6) is -2.77. The molecular weight excluding hydrogens is 461 g/mol. The second-order valence-corrected chi connectivity index (χ2v) is 9.06. The number of halogens is 3. The first kappa shape index (κ1) is 25.9. The van der Waals surface area contributed by atoms with Crippen molar-refractivity contribution in [2.45, 2.75) is 36.3 Å². The topological polar surface area (TPSA) is 113 Å². The number of alkyl halides is 3. The third-order valence-corrected chi connectivity index (χ3v) is 6.25. The molecule has 0 bridgehead atoms. The van der Waals surface area contributed by atoms with E-state index in [2.05, 4.69) is 16.6 Å². The molecule has 3 rings (SSSR count). The van der Waals surface area contributed by atoms with E-state index in [1.54, 1.807) is 42.5 Å². The summed E-state index contributed by atoms with van der Waals surface area (Å²) in [5.41, 5.74) is 1.88. The van der Waals surface area contributed by atoms with Crippen molar-refractivity contribution in [1.82, 2.24) is 5.32 Å². The highest BCUT2D eigenvalue weighted by Crippen LogP contribution is 2.48. The van der Waals surface area contributed by atoms with Gasteiger partial charge in [0.15, 0.2) is 0 Å². The summed E-state index contributed by atoms with van der Waals surface area (Å²) in [6, 6.07) is 13.7. The molecule has 1 fully saturated rings. The minimum Gasteiger partial charge on any atom is -0.475 e. The Morgan fingerprint density at radius 3 is 2.03 bits per heavy atom. The van der Waals surface area contributed by atoms with Crippen LogP contribution in [0.3, 0.4) is 0 Å². The van der Waals surface area contributed by atoms with E-state index >= 15 is 0 Å². The maximum Gasteiger partial charge on any atom is 0.490 e. The van der Waals surface area contributed by atoms with Crippen LogP contribution >= 0.6 is 0 Å². The first-order chi connectivity index (χ1) is 15.3. The summed E-state index contributed by atoms with van der Waals surface area (Å²) in [6.07, 6.45) is -1.84. The van der Waals surface area contributed by atoms with Gasteiger partial charge in [0, 0.05) is 12.2 Å². The Kier molecular flexibility index (Phi) is 7.91. The molecule has 0 aromatic heterocycles. The first-order valence-corrected chi connectivity index (χ1v) is 11.2. The van der Waals surface area contributed by atoms with Crippen LogP contribution < -0.4 is 10.0 Å². The summed E-state index contributed by atoms with van der Waals surface area (Å²) >= 11 is 0. The van der Waals surface area contributed by atoms with Crippen LogP contribution in [0.25, 0.3) is 0 Å². The lowest BCUT2D eigenvalue weighted by molar-refractivity contribution is -0.192. The highest BCUT2D eigenvalue weighted by atomic mass is 32.2. The number of rotatable bonds is 7. The zero-order valence-electron chi connectivity index (χ0n) is 17.6.